The molecule has 158 valence electrons. The molecule has 1 heterocycles. The van der Waals surface area contributed by atoms with Crippen LogP contribution in [-0.4, -0.2) is 20.5 Å². The Balaban J connectivity index is 1.72. The van der Waals surface area contributed by atoms with E-state index in [2.05, 4.69) is 9.71 Å². The number of nitrogens with zero attached hydrogens (tertiary/aromatic N) is 1. The van der Waals surface area contributed by atoms with Crippen LogP contribution in [0.15, 0.2) is 88.2 Å². The number of nitrogens with one attached hydrogen (secondary N) is 1. The van der Waals surface area contributed by atoms with Crippen LogP contribution >= 0.6 is 0 Å². The molecule has 0 unspecified atom stereocenters. The molecule has 0 radical (unpaired) electrons. The van der Waals surface area contributed by atoms with E-state index < -0.39 is 15.8 Å². The molecule has 0 saturated carbocycles. The molecule has 3 aromatic carbocycles. The smallest absolute Gasteiger partial charge is 0.264 e. The summed E-state index contributed by atoms with van der Waals surface area (Å²) in [7, 11) is -2.32. The van der Waals surface area contributed by atoms with Gasteiger partial charge in [0.25, 0.3) is 10.0 Å². The van der Waals surface area contributed by atoms with Crippen LogP contribution in [0.5, 0.6) is 5.75 Å². The van der Waals surface area contributed by atoms with E-state index in [1.54, 1.807) is 25.3 Å². The Labute approximate surface area is 179 Å². The number of benzene rings is 3. The highest BCUT2D eigenvalue weighted by atomic mass is 32.2. The second-order valence-corrected chi connectivity index (χ2v) is 8.42. The number of methoxy groups -OCH3 is 1. The fourth-order valence-electron chi connectivity index (χ4n) is 3.05. The molecule has 0 spiro atoms. The lowest BCUT2D eigenvalue weighted by Crippen LogP contribution is -2.12. The summed E-state index contributed by atoms with van der Waals surface area (Å²) in [4.78, 5) is 4.57. The number of anilines is 1. The van der Waals surface area contributed by atoms with Crippen molar-refractivity contribution in [2.45, 2.75) is 11.3 Å². The van der Waals surface area contributed by atoms with Gasteiger partial charge >= 0.3 is 0 Å². The Bertz CT molecular complexity index is 1290. The zero-order valence-electron chi connectivity index (χ0n) is 16.6. The maximum atomic E-state index is 13.4. The van der Waals surface area contributed by atoms with E-state index in [1.807, 2.05) is 24.3 Å². The highest BCUT2D eigenvalue weighted by Crippen LogP contribution is 2.31. The van der Waals surface area contributed by atoms with E-state index >= 15 is 0 Å². The number of oxazole rings is 1. The first kappa shape index (κ1) is 20.6. The van der Waals surface area contributed by atoms with Crippen LogP contribution in [0.1, 0.15) is 11.5 Å². The first-order chi connectivity index (χ1) is 14.9. The Morgan fingerprint density at radius 1 is 1.00 bits per heavy atom. The van der Waals surface area contributed by atoms with Gasteiger partial charge in [-0.1, -0.05) is 30.3 Å². The van der Waals surface area contributed by atoms with Crippen molar-refractivity contribution >= 4 is 15.9 Å². The number of hydrogen-bond acceptors (Lipinski definition) is 5. The van der Waals surface area contributed by atoms with Gasteiger partial charge in [-0.05, 0) is 54.1 Å². The van der Waals surface area contributed by atoms with Crippen molar-refractivity contribution in [3.05, 3.63) is 96.1 Å². The first-order valence-electron chi connectivity index (χ1n) is 9.41. The van der Waals surface area contributed by atoms with Crippen LogP contribution in [0.25, 0.3) is 11.3 Å². The molecule has 31 heavy (non-hydrogen) atoms. The molecule has 0 aliphatic rings. The number of rotatable bonds is 7. The minimum Gasteiger partial charge on any atom is -0.497 e. The quantitative estimate of drug-likeness (QED) is 0.445. The van der Waals surface area contributed by atoms with Gasteiger partial charge in [-0.15, -0.1) is 0 Å². The summed E-state index contributed by atoms with van der Waals surface area (Å²) >= 11 is 0. The van der Waals surface area contributed by atoms with Crippen molar-refractivity contribution in [2.75, 3.05) is 11.8 Å². The molecule has 6 nitrogen and oxygen atoms in total. The van der Waals surface area contributed by atoms with Crippen LogP contribution in [0.3, 0.4) is 0 Å². The molecule has 0 fully saturated rings. The molecule has 0 aliphatic heterocycles. The molecule has 4 rings (SSSR count). The Morgan fingerprint density at radius 3 is 2.45 bits per heavy atom. The van der Waals surface area contributed by atoms with Crippen molar-refractivity contribution < 1.29 is 22.0 Å². The maximum Gasteiger partial charge on any atom is 0.264 e. The number of ether oxygens (including phenoxy) is 1. The molecule has 0 saturated heterocycles. The predicted octanol–water partition coefficient (Wildman–Crippen LogP) is 4.88. The summed E-state index contributed by atoms with van der Waals surface area (Å²) < 4.78 is 52.5. The topological polar surface area (TPSA) is 81.4 Å². The fourth-order valence-corrected chi connectivity index (χ4v) is 4.07. The van der Waals surface area contributed by atoms with E-state index in [0.29, 0.717) is 23.6 Å². The van der Waals surface area contributed by atoms with Gasteiger partial charge in [-0.25, -0.2) is 22.5 Å². The van der Waals surface area contributed by atoms with Crippen LogP contribution < -0.4 is 9.46 Å². The molecule has 4 aromatic rings. The first-order valence-corrected chi connectivity index (χ1v) is 10.9. The summed E-state index contributed by atoms with van der Waals surface area (Å²) in [6, 6.07) is 20.9. The van der Waals surface area contributed by atoms with E-state index in [4.69, 9.17) is 9.15 Å². The van der Waals surface area contributed by atoms with E-state index in [0.717, 1.165) is 5.56 Å². The van der Waals surface area contributed by atoms with Crippen LogP contribution in [0, 0.1) is 5.82 Å². The number of aromatic nitrogens is 1. The van der Waals surface area contributed by atoms with Gasteiger partial charge in [0.1, 0.15) is 17.3 Å². The Kier molecular flexibility index (Phi) is 5.73. The highest BCUT2D eigenvalue weighted by molar-refractivity contribution is 7.92. The van der Waals surface area contributed by atoms with E-state index in [-0.39, 0.29) is 16.5 Å². The zero-order valence-corrected chi connectivity index (χ0v) is 17.4. The lowest BCUT2D eigenvalue weighted by molar-refractivity contribution is 0.414. The molecule has 0 bridgehead atoms. The van der Waals surface area contributed by atoms with Gasteiger partial charge in [0.2, 0.25) is 11.8 Å². The molecule has 0 aliphatic carbocycles. The van der Waals surface area contributed by atoms with Crippen molar-refractivity contribution in [3.63, 3.8) is 0 Å². The standard InChI is InChI=1S/C23H19FN2O4S/c1-29-19-7-5-6-16(14-19)15-21-25-22(17-10-12-18(24)13-11-17)23(30-21)26-31(27,28)20-8-3-2-4-9-20/h2-14,26H,15H2,1H3. The van der Waals surface area contributed by atoms with Crippen LogP contribution in [-0.2, 0) is 16.4 Å². The third-order valence-electron chi connectivity index (χ3n) is 4.56. The molecule has 0 amide bonds. The summed E-state index contributed by atoms with van der Waals surface area (Å²) in [6.45, 7) is 0. The molecule has 8 heteroatoms. The minimum atomic E-state index is -3.90. The lowest BCUT2D eigenvalue weighted by atomic mass is 10.1. The van der Waals surface area contributed by atoms with E-state index in [1.165, 1.54) is 36.4 Å². The normalized spacial score (nSPS) is 11.3. The number of sulfonamides is 1. The predicted molar refractivity (Wildman–Crippen MR) is 115 cm³/mol. The van der Waals surface area contributed by atoms with E-state index in [9.17, 15) is 12.8 Å². The second kappa shape index (κ2) is 8.61. The third kappa shape index (κ3) is 4.75. The fraction of sp³-hybridized carbons (Fsp3) is 0.0870. The SMILES string of the molecule is COc1cccc(Cc2nc(-c3ccc(F)cc3)c(NS(=O)(=O)c3ccccc3)o2)c1. The summed E-state index contributed by atoms with van der Waals surface area (Å²) in [5.41, 5.74) is 1.67. The number of hydrogen-bond donors (Lipinski definition) is 1. The molecule has 0 atom stereocenters. The van der Waals surface area contributed by atoms with Crippen molar-refractivity contribution in [3.8, 4) is 17.0 Å². The van der Waals surface area contributed by atoms with Crippen LogP contribution in [0.4, 0.5) is 10.3 Å². The summed E-state index contributed by atoms with van der Waals surface area (Å²) in [5, 5.41) is 0. The molecular weight excluding hydrogens is 419 g/mol. The number of halogens is 1. The monoisotopic (exact) mass is 438 g/mol. The van der Waals surface area contributed by atoms with Gasteiger partial charge in [-0.2, -0.15) is 0 Å². The highest BCUT2D eigenvalue weighted by Gasteiger charge is 2.22. The van der Waals surface area contributed by atoms with Gasteiger partial charge in [-0.3, -0.25) is 0 Å². The Morgan fingerprint density at radius 2 is 1.74 bits per heavy atom. The zero-order chi connectivity index (χ0) is 21.8. The molecular formula is C23H19FN2O4S. The largest absolute Gasteiger partial charge is 0.497 e. The second-order valence-electron chi connectivity index (χ2n) is 6.74. The summed E-state index contributed by atoms with van der Waals surface area (Å²) in [5.74, 6) is 0.551. The Hall–Kier alpha value is -3.65. The summed E-state index contributed by atoms with van der Waals surface area (Å²) in [6.07, 6.45) is 0.318. The minimum absolute atomic E-state index is 0.0339. The average molecular weight is 438 g/mol. The van der Waals surface area contributed by atoms with Gasteiger partial charge in [0.15, 0.2) is 0 Å². The van der Waals surface area contributed by atoms with Gasteiger partial charge in [0, 0.05) is 12.0 Å². The third-order valence-corrected chi connectivity index (χ3v) is 5.91. The van der Waals surface area contributed by atoms with Crippen molar-refractivity contribution in [1.29, 1.82) is 0 Å². The maximum absolute atomic E-state index is 13.4. The van der Waals surface area contributed by atoms with Gasteiger partial charge in [0.05, 0.1) is 12.0 Å². The van der Waals surface area contributed by atoms with Crippen molar-refractivity contribution in [1.82, 2.24) is 4.98 Å². The average Bonchev–Trinajstić information content (AvgIpc) is 3.16. The molecule has 1 N–H and O–H groups in total. The molecule has 1 aromatic heterocycles. The van der Waals surface area contributed by atoms with Crippen LogP contribution in [0.2, 0.25) is 0 Å². The van der Waals surface area contributed by atoms with Crippen molar-refractivity contribution in [2.24, 2.45) is 0 Å². The lowest BCUT2D eigenvalue weighted by Gasteiger charge is -2.07. The van der Waals surface area contributed by atoms with Gasteiger partial charge < -0.3 is 9.15 Å².